The van der Waals surface area contributed by atoms with Crippen molar-refractivity contribution in [1.29, 1.82) is 0 Å². The van der Waals surface area contributed by atoms with Crippen LogP contribution < -0.4 is 16.8 Å². The first-order chi connectivity index (χ1) is 16.1. The Balaban J connectivity index is 1.78. The van der Waals surface area contributed by atoms with Gasteiger partial charge in [0.1, 0.15) is 24.9 Å². The molecule has 0 spiro atoms. The first-order valence-corrected chi connectivity index (χ1v) is 10.5. The fourth-order valence-corrected chi connectivity index (χ4v) is 3.53. The Bertz CT molecular complexity index is 1280. The van der Waals surface area contributed by atoms with Crippen molar-refractivity contribution in [3.63, 3.8) is 0 Å². The average Bonchev–Trinajstić information content (AvgIpc) is 3.16. The van der Waals surface area contributed by atoms with Crippen molar-refractivity contribution in [2.45, 2.75) is 26.1 Å². The third kappa shape index (κ3) is 5.31. The summed E-state index contributed by atoms with van der Waals surface area (Å²) >= 11 is 5.74. The van der Waals surface area contributed by atoms with Gasteiger partial charge >= 0.3 is 0 Å². The van der Waals surface area contributed by atoms with Crippen LogP contribution in [0.1, 0.15) is 23.0 Å². The molecule has 1 aromatic heterocycles. The third-order valence-electron chi connectivity index (χ3n) is 5.20. The molecule has 3 aromatic rings. The van der Waals surface area contributed by atoms with Crippen LogP contribution in [0.3, 0.4) is 0 Å². The van der Waals surface area contributed by atoms with Crippen LogP contribution in [0.25, 0.3) is 10.9 Å². The second kappa shape index (κ2) is 10.3. The number of carbonyl (C=O) groups is 4. The Kier molecular flexibility index (Phi) is 7.47. The van der Waals surface area contributed by atoms with Crippen LogP contribution in [-0.2, 0) is 27.5 Å². The lowest BCUT2D eigenvalue weighted by Crippen LogP contribution is -2.51. The Morgan fingerprint density at radius 1 is 1.15 bits per heavy atom. The molecule has 0 aliphatic rings. The minimum atomic E-state index is -1.13. The van der Waals surface area contributed by atoms with E-state index >= 15 is 0 Å². The van der Waals surface area contributed by atoms with Gasteiger partial charge in [0.2, 0.25) is 17.7 Å². The average molecular weight is 489 g/mol. The Hall–Kier alpha value is -3.99. The highest BCUT2D eigenvalue weighted by atomic mass is 35.5. The lowest BCUT2D eigenvalue weighted by Gasteiger charge is -2.26. The normalized spacial score (nSPS) is 11.7. The summed E-state index contributed by atoms with van der Waals surface area (Å²) in [7, 11) is 0. The molecule has 0 fully saturated rings. The van der Waals surface area contributed by atoms with E-state index in [1.54, 1.807) is 24.3 Å². The SMILES string of the molecule is CC(C(N)=O)N(CC(=O)NCc1cccc(Cl)c1F)C(=O)Cn1nc(C(N)=O)c2ccccc21. The highest BCUT2D eigenvalue weighted by molar-refractivity contribution is 6.30. The lowest BCUT2D eigenvalue weighted by atomic mass is 10.2. The molecule has 1 atom stereocenters. The predicted octanol–water partition coefficient (Wildman–Crippen LogP) is 0.947. The van der Waals surface area contributed by atoms with E-state index in [-0.39, 0.29) is 29.4 Å². The summed E-state index contributed by atoms with van der Waals surface area (Å²) < 4.78 is 15.3. The molecule has 10 nitrogen and oxygen atoms in total. The summed E-state index contributed by atoms with van der Waals surface area (Å²) in [4.78, 5) is 50.1. The number of amides is 4. The second-order valence-electron chi connectivity index (χ2n) is 7.48. The topological polar surface area (TPSA) is 153 Å². The number of hydrogen-bond acceptors (Lipinski definition) is 5. The molecule has 0 bridgehead atoms. The molecular weight excluding hydrogens is 467 g/mol. The van der Waals surface area contributed by atoms with Gasteiger partial charge in [0.05, 0.1) is 10.5 Å². The van der Waals surface area contributed by atoms with Gasteiger partial charge in [-0.05, 0) is 19.1 Å². The number of carbonyl (C=O) groups excluding carboxylic acids is 4. The lowest BCUT2D eigenvalue weighted by molar-refractivity contribution is -0.142. The van der Waals surface area contributed by atoms with E-state index in [0.29, 0.717) is 10.9 Å². The fraction of sp³-hybridized carbons (Fsp3) is 0.227. The zero-order chi connectivity index (χ0) is 25.0. The minimum absolute atomic E-state index is 0.0146. The highest BCUT2D eigenvalue weighted by Crippen LogP contribution is 2.19. The molecule has 12 heteroatoms. The molecule has 0 saturated carbocycles. The minimum Gasteiger partial charge on any atom is -0.368 e. The van der Waals surface area contributed by atoms with Gasteiger partial charge in [-0.15, -0.1) is 0 Å². The van der Waals surface area contributed by atoms with Gasteiger partial charge in [0.15, 0.2) is 5.69 Å². The van der Waals surface area contributed by atoms with Crippen molar-refractivity contribution in [1.82, 2.24) is 20.0 Å². The van der Waals surface area contributed by atoms with Crippen LogP contribution in [0.4, 0.5) is 4.39 Å². The van der Waals surface area contributed by atoms with Crippen LogP contribution in [0.15, 0.2) is 42.5 Å². The molecule has 0 aliphatic heterocycles. The number of para-hydroxylation sites is 1. The standard InChI is InChI=1S/C22H22ClFN6O4/c1-12(21(25)33)29(10-17(31)27-9-13-5-4-7-15(23)19(13)24)18(32)11-30-16-8-3-2-6-14(16)20(28-30)22(26)34/h2-8,12H,9-11H2,1H3,(H2,25,33)(H2,26,34)(H,27,31). The smallest absolute Gasteiger partial charge is 0.269 e. The quantitative estimate of drug-likeness (QED) is 0.409. The molecule has 4 amide bonds. The number of benzene rings is 2. The summed E-state index contributed by atoms with van der Waals surface area (Å²) in [5.41, 5.74) is 11.4. The van der Waals surface area contributed by atoms with Crippen LogP contribution in [0, 0.1) is 5.82 Å². The molecule has 1 heterocycles. The number of primary amides is 2. The number of nitrogens with one attached hydrogen (secondary N) is 1. The summed E-state index contributed by atoms with van der Waals surface area (Å²) in [6.45, 7) is 0.290. The zero-order valence-electron chi connectivity index (χ0n) is 18.1. The fourth-order valence-electron chi connectivity index (χ4n) is 3.33. The van der Waals surface area contributed by atoms with Gasteiger partial charge in [-0.3, -0.25) is 23.9 Å². The van der Waals surface area contributed by atoms with Crippen molar-refractivity contribution in [2.24, 2.45) is 11.5 Å². The maximum atomic E-state index is 14.1. The Labute approximate surface area is 198 Å². The van der Waals surface area contributed by atoms with Gasteiger partial charge in [-0.1, -0.05) is 41.9 Å². The van der Waals surface area contributed by atoms with Gasteiger partial charge in [-0.25, -0.2) is 4.39 Å². The van der Waals surface area contributed by atoms with Crippen molar-refractivity contribution in [3.05, 3.63) is 64.6 Å². The summed E-state index contributed by atoms with van der Waals surface area (Å²) in [6, 6.07) is 9.91. The van der Waals surface area contributed by atoms with Gasteiger partial charge in [-0.2, -0.15) is 5.10 Å². The van der Waals surface area contributed by atoms with E-state index in [1.807, 2.05) is 0 Å². The molecular formula is C22H22ClFN6O4. The summed E-state index contributed by atoms with van der Waals surface area (Å²) in [6.07, 6.45) is 0. The number of rotatable bonds is 9. The zero-order valence-corrected chi connectivity index (χ0v) is 18.9. The molecule has 0 radical (unpaired) electrons. The van der Waals surface area contributed by atoms with E-state index in [4.69, 9.17) is 23.1 Å². The molecule has 0 saturated heterocycles. The van der Waals surface area contributed by atoms with Crippen LogP contribution in [0.2, 0.25) is 5.02 Å². The van der Waals surface area contributed by atoms with Crippen molar-refractivity contribution in [3.8, 4) is 0 Å². The molecule has 3 rings (SSSR count). The number of fused-ring (bicyclic) bond motifs is 1. The van der Waals surface area contributed by atoms with E-state index in [0.717, 1.165) is 4.90 Å². The Morgan fingerprint density at radius 3 is 2.53 bits per heavy atom. The van der Waals surface area contributed by atoms with E-state index < -0.39 is 42.0 Å². The maximum Gasteiger partial charge on any atom is 0.269 e. The summed E-state index contributed by atoms with van der Waals surface area (Å²) in [5, 5.41) is 6.97. The Morgan fingerprint density at radius 2 is 1.85 bits per heavy atom. The van der Waals surface area contributed by atoms with Crippen LogP contribution in [0.5, 0.6) is 0 Å². The van der Waals surface area contributed by atoms with Crippen LogP contribution >= 0.6 is 11.6 Å². The first kappa shape index (κ1) is 24.6. The van der Waals surface area contributed by atoms with Crippen LogP contribution in [-0.4, -0.2) is 50.9 Å². The summed E-state index contributed by atoms with van der Waals surface area (Å²) in [5.74, 6) is -3.56. The molecule has 0 aliphatic carbocycles. The third-order valence-corrected chi connectivity index (χ3v) is 5.49. The molecule has 1 unspecified atom stereocenters. The second-order valence-corrected chi connectivity index (χ2v) is 7.88. The number of nitrogens with zero attached hydrogens (tertiary/aromatic N) is 3. The van der Waals surface area contributed by atoms with E-state index in [1.165, 1.54) is 29.8 Å². The van der Waals surface area contributed by atoms with Crippen molar-refractivity contribution in [2.75, 3.05) is 6.54 Å². The molecule has 178 valence electrons. The molecule has 2 aromatic carbocycles. The number of halogens is 2. The largest absolute Gasteiger partial charge is 0.368 e. The molecule has 34 heavy (non-hydrogen) atoms. The maximum absolute atomic E-state index is 14.1. The van der Waals surface area contributed by atoms with E-state index in [2.05, 4.69) is 10.4 Å². The molecule has 5 N–H and O–H groups in total. The first-order valence-electron chi connectivity index (χ1n) is 10.1. The number of hydrogen-bond donors (Lipinski definition) is 3. The number of aromatic nitrogens is 2. The van der Waals surface area contributed by atoms with Gasteiger partial charge in [0, 0.05) is 17.5 Å². The highest BCUT2D eigenvalue weighted by Gasteiger charge is 2.28. The number of nitrogens with two attached hydrogens (primary N) is 2. The van der Waals surface area contributed by atoms with Crippen molar-refractivity contribution >= 4 is 46.1 Å². The van der Waals surface area contributed by atoms with E-state index in [9.17, 15) is 23.6 Å². The predicted molar refractivity (Wildman–Crippen MR) is 122 cm³/mol. The van der Waals surface area contributed by atoms with Gasteiger partial charge in [0.25, 0.3) is 5.91 Å². The van der Waals surface area contributed by atoms with Gasteiger partial charge < -0.3 is 21.7 Å². The monoisotopic (exact) mass is 488 g/mol. The van der Waals surface area contributed by atoms with Crippen molar-refractivity contribution < 1.29 is 23.6 Å².